The Morgan fingerprint density at radius 2 is 2.12 bits per heavy atom. The standard InChI is InChI=1S/C7H7N3O4S.Na.H/c1-5-2-8-7-9-6(15(12,13)14)4-10(7,11)3-5;;/h2-4,11H,1H3;;/q;+1;-1. The molecule has 0 aliphatic carbocycles. The largest absolute Gasteiger partial charge is 1.00 e. The third-order valence-electron chi connectivity index (χ3n) is 1.88. The first-order chi connectivity index (χ1) is 6.81. The quantitative estimate of drug-likeness (QED) is 0.306. The van der Waals surface area contributed by atoms with E-state index in [0.29, 0.717) is 5.57 Å². The topological polar surface area (TPSA) is 102 Å². The molecule has 0 aromatic rings. The molecular formula is C7H8N3NaO4S. The molecule has 82 valence electrons. The Morgan fingerprint density at radius 3 is 2.69 bits per heavy atom. The molecule has 0 aromatic heterocycles. The van der Waals surface area contributed by atoms with E-state index in [1.165, 1.54) is 12.4 Å². The van der Waals surface area contributed by atoms with Crippen LogP contribution < -0.4 is 29.6 Å². The van der Waals surface area contributed by atoms with Gasteiger partial charge in [-0.05, 0) is 6.92 Å². The molecule has 0 radical (unpaired) electrons. The van der Waals surface area contributed by atoms with Crippen molar-refractivity contribution in [2.45, 2.75) is 6.92 Å². The van der Waals surface area contributed by atoms with Gasteiger partial charge in [-0.2, -0.15) is 15.2 Å². The molecule has 2 aliphatic rings. The Hall–Kier alpha value is -0.350. The van der Waals surface area contributed by atoms with Gasteiger partial charge >= 0.3 is 35.5 Å². The summed E-state index contributed by atoms with van der Waals surface area (Å²) >= 11 is 0. The summed E-state index contributed by atoms with van der Waals surface area (Å²) in [5, 5.41) is 9.13. The van der Waals surface area contributed by atoms with Gasteiger partial charge in [0.2, 0.25) is 5.03 Å². The molecule has 0 aromatic carbocycles. The third kappa shape index (κ3) is 2.33. The summed E-state index contributed by atoms with van der Waals surface area (Å²) in [6.45, 7) is 1.67. The summed E-state index contributed by atoms with van der Waals surface area (Å²) in [4.78, 5) is 7.18. The number of rotatable bonds is 1. The number of hydrogen-bond donors (Lipinski definition) is 1. The first kappa shape index (κ1) is 13.7. The first-order valence-electron chi connectivity index (χ1n) is 3.94. The van der Waals surface area contributed by atoms with Crippen molar-refractivity contribution in [2.75, 3.05) is 0 Å². The van der Waals surface area contributed by atoms with E-state index < -0.39 is 19.8 Å². The molecule has 1 atom stereocenters. The number of nitrogens with zero attached hydrogens (tertiary/aromatic N) is 3. The van der Waals surface area contributed by atoms with Crippen LogP contribution in [0.3, 0.4) is 0 Å². The van der Waals surface area contributed by atoms with Gasteiger partial charge < -0.3 is 5.98 Å². The van der Waals surface area contributed by atoms with Crippen LogP contribution in [0.1, 0.15) is 8.35 Å². The van der Waals surface area contributed by atoms with E-state index in [1.807, 2.05) is 0 Å². The van der Waals surface area contributed by atoms with E-state index >= 15 is 0 Å². The van der Waals surface area contributed by atoms with Gasteiger partial charge in [0, 0.05) is 11.8 Å². The minimum atomic E-state index is -4.67. The van der Waals surface area contributed by atoms with E-state index in [0.717, 1.165) is 6.20 Å². The van der Waals surface area contributed by atoms with Crippen molar-refractivity contribution in [3.63, 3.8) is 0 Å². The fourth-order valence-corrected chi connectivity index (χ4v) is 1.76. The molecule has 16 heavy (non-hydrogen) atoms. The number of aliphatic imine (C=N–C) groups is 2. The maximum Gasteiger partial charge on any atom is 1.00 e. The average Bonchev–Trinajstić information content (AvgIpc) is 2.39. The van der Waals surface area contributed by atoms with Crippen molar-refractivity contribution in [1.29, 1.82) is 0 Å². The zero-order valence-corrected chi connectivity index (χ0v) is 11.5. The molecule has 7 nitrogen and oxygen atoms in total. The summed E-state index contributed by atoms with van der Waals surface area (Å²) < 4.78 is 31.1. The second-order valence-corrected chi connectivity index (χ2v) is 4.53. The molecule has 0 saturated heterocycles. The predicted molar refractivity (Wildman–Crippen MR) is 50.6 cm³/mol. The number of guanidine groups is 1. The maximum atomic E-state index is 10.7. The van der Waals surface area contributed by atoms with Gasteiger partial charge in [-0.25, -0.2) is 8.42 Å². The summed E-state index contributed by atoms with van der Waals surface area (Å²) in [6, 6.07) is 0. The smallest absolute Gasteiger partial charge is 1.00 e. The molecule has 0 spiro atoms. The maximum absolute atomic E-state index is 10.7. The van der Waals surface area contributed by atoms with Crippen LogP contribution in [-0.2, 0) is 10.1 Å². The van der Waals surface area contributed by atoms with Gasteiger partial charge in [-0.15, -0.1) is 0 Å². The summed E-state index contributed by atoms with van der Waals surface area (Å²) in [6.07, 6.45) is 3.57. The van der Waals surface area contributed by atoms with Crippen LogP contribution >= 0.6 is 0 Å². The molecule has 2 aliphatic heterocycles. The monoisotopic (exact) mass is 253 g/mol. The second kappa shape index (κ2) is 4.15. The van der Waals surface area contributed by atoms with Gasteiger partial charge in [0.1, 0.15) is 16.3 Å². The van der Waals surface area contributed by atoms with Crippen LogP contribution in [0, 0.1) is 0 Å². The van der Waals surface area contributed by atoms with E-state index in [9.17, 15) is 18.2 Å². The first-order valence-corrected chi connectivity index (χ1v) is 5.35. The molecule has 2 rings (SSSR count). The van der Waals surface area contributed by atoms with Crippen molar-refractivity contribution >= 4 is 22.3 Å². The van der Waals surface area contributed by atoms with Crippen molar-refractivity contribution in [3.05, 3.63) is 23.0 Å². The van der Waals surface area contributed by atoms with Crippen LogP contribution in [0.15, 0.2) is 33.0 Å². The summed E-state index contributed by atoms with van der Waals surface area (Å²) in [7, 11) is -4.67. The fraction of sp³-hybridized carbons (Fsp3) is 0.143. The third-order valence-corrected chi connectivity index (χ3v) is 2.59. The fourth-order valence-electron chi connectivity index (χ4n) is 1.27. The molecule has 2 heterocycles. The van der Waals surface area contributed by atoms with Gasteiger partial charge in [-0.3, -0.25) is 0 Å². The van der Waals surface area contributed by atoms with Gasteiger partial charge in [0.25, 0.3) is 0 Å². The van der Waals surface area contributed by atoms with E-state index in [1.54, 1.807) is 6.92 Å². The minimum Gasteiger partial charge on any atom is -1.00 e. The zero-order chi connectivity index (χ0) is 11.3. The molecule has 0 fully saturated rings. The minimum absolute atomic E-state index is 0. The Kier molecular flexibility index (Phi) is 3.56. The second-order valence-electron chi connectivity index (χ2n) is 3.20. The van der Waals surface area contributed by atoms with Gasteiger partial charge in [-0.1, -0.05) is 4.65 Å². The SMILES string of the molecule is CC1=C[N+]2(O)C=C(S(=O)(=O)[O-])N=C2N=C1.[H-].[Na+]. The summed E-state index contributed by atoms with van der Waals surface area (Å²) in [5.41, 5.74) is 0.636. The van der Waals surface area contributed by atoms with Crippen LogP contribution in [0.4, 0.5) is 0 Å². The molecule has 1 N–H and O–H groups in total. The number of fused-ring (bicyclic) bond motifs is 1. The van der Waals surface area contributed by atoms with Gasteiger partial charge in [0.15, 0.2) is 6.20 Å². The van der Waals surface area contributed by atoms with E-state index in [4.69, 9.17) is 0 Å². The van der Waals surface area contributed by atoms with Crippen LogP contribution in [0.2, 0.25) is 0 Å². The number of quaternary nitrogens is 1. The molecule has 0 amide bonds. The molecule has 0 bridgehead atoms. The normalized spacial score (nSPS) is 27.6. The van der Waals surface area contributed by atoms with Gasteiger partial charge in [0.05, 0.1) is 0 Å². The number of allylic oxidation sites excluding steroid dienone is 1. The van der Waals surface area contributed by atoms with Crippen LogP contribution in [0.5, 0.6) is 0 Å². The predicted octanol–water partition coefficient (Wildman–Crippen LogP) is -2.99. The number of hydrogen-bond acceptors (Lipinski definition) is 6. The average molecular weight is 253 g/mol. The van der Waals surface area contributed by atoms with Crippen LogP contribution in [-0.4, -0.2) is 35.0 Å². The molecule has 1 unspecified atom stereocenters. The Morgan fingerprint density at radius 1 is 1.50 bits per heavy atom. The Bertz CT molecular complexity index is 553. The summed E-state index contributed by atoms with van der Waals surface area (Å²) in [5.74, 6) is -0.157. The molecule has 0 saturated carbocycles. The van der Waals surface area contributed by atoms with Crippen molar-refractivity contribution in [1.82, 2.24) is 0 Å². The van der Waals surface area contributed by atoms with Crippen molar-refractivity contribution in [2.24, 2.45) is 9.98 Å². The number of hydroxylamine groups is 3. The molecular weight excluding hydrogens is 245 g/mol. The zero-order valence-electron chi connectivity index (χ0n) is 9.65. The van der Waals surface area contributed by atoms with E-state index in [2.05, 4.69) is 9.98 Å². The van der Waals surface area contributed by atoms with Crippen molar-refractivity contribution < 1.29 is 53.8 Å². The molecule has 9 heteroatoms. The Labute approximate surface area is 116 Å². The van der Waals surface area contributed by atoms with E-state index in [-0.39, 0.29) is 36.9 Å². The Balaban J connectivity index is 0.00000128. The van der Waals surface area contributed by atoms with Crippen molar-refractivity contribution in [3.8, 4) is 0 Å². The van der Waals surface area contributed by atoms with Crippen LogP contribution in [0.25, 0.3) is 0 Å².